The van der Waals surface area contributed by atoms with Crippen LogP contribution in [0.15, 0.2) is 106 Å². The highest BCUT2D eigenvalue weighted by Crippen LogP contribution is 2.45. The van der Waals surface area contributed by atoms with Crippen molar-refractivity contribution in [3.05, 3.63) is 124 Å². The maximum absolute atomic E-state index is 14.2. The summed E-state index contributed by atoms with van der Waals surface area (Å²) in [5, 5.41) is 16.3. The Bertz CT molecular complexity index is 1940. The molecule has 0 saturated carbocycles. The molecule has 1 saturated heterocycles. The van der Waals surface area contributed by atoms with Gasteiger partial charge in [0, 0.05) is 34.6 Å². The van der Waals surface area contributed by atoms with Gasteiger partial charge in [-0.05, 0) is 34.2 Å². The van der Waals surface area contributed by atoms with Crippen LogP contribution in [0.25, 0.3) is 6.08 Å². The van der Waals surface area contributed by atoms with Crippen LogP contribution in [-0.2, 0) is 28.8 Å². The summed E-state index contributed by atoms with van der Waals surface area (Å²) >= 11 is 3.42. The van der Waals surface area contributed by atoms with Crippen LogP contribution in [-0.4, -0.2) is 77.6 Å². The molecule has 2 aromatic heterocycles. The number of carbonyl (C=O) groups excluding carboxylic acids is 3. The predicted octanol–water partition coefficient (Wildman–Crippen LogP) is 3.67. The minimum absolute atomic E-state index is 0.0349. The average molecular weight is 730 g/mol. The van der Waals surface area contributed by atoms with E-state index in [1.165, 1.54) is 28.4 Å². The number of nitrogens with zero attached hydrogens (tertiary/aromatic N) is 5. The molecule has 0 aliphatic carbocycles. The van der Waals surface area contributed by atoms with E-state index in [0.29, 0.717) is 10.7 Å². The number of carbonyl (C=O) groups is 4. The zero-order valence-electron chi connectivity index (χ0n) is 25.8. The number of benzene rings is 2. The molecular formula is C33H27N7O7S3. The number of nitrogens with two attached hydrogens (primary N) is 1. The molecule has 0 bridgehead atoms. The lowest BCUT2D eigenvalue weighted by Crippen LogP contribution is -2.71. The quantitative estimate of drug-likeness (QED) is 0.0780. The number of fused-ring (bicyclic) bond motifs is 1. The van der Waals surface area contributed by atoms with Crippen molar-refractivity contribution in [3.8, 4) is 0 Å². The standard InChI is InChI=1S/C33H27N7O7S3/c34-33-37-28(39-50-33)24(38-46-17-23(41)42)29(43)36-25-30(44)40-26(22(18-49-31(25)40)48-15-13-19-8-7-14-35-16-19)32(45)47-27(20-9-3-1-4-10-20)21-11-5-2-6-12-21/h1-16,25,27,31H,17-18H2,(H,36,43)(H,41,42)(H2,34,37,39)/b15-13-,38-24+/t25?,31-/m1/s1. The number of rotatable bonds is 13. The number of thioether (sulfide) groups is 2. The van der Waals surface area contributed by atoms with Gasteiger partial charge < -0.3 is 25.7 Å². The Morgan fingerprint density at radius 1 is 1.10 bits per heavy atom. The fourth-order valence-corrected chi connectivity index (χ4v) is 7.75. The highest BCUT2D eigenvalue weighted by molar-refractivity contribution is 8.08. The average Bonchev–Trinajstić information content (AvgIpc) is 3.57. The number of aromatic nitrogens is 3. The SMILES string of the molecule is Nc1nc(/C(=N\OCC(=O)O)C(=O)NC2C(=O)N3C(C(=O)OC(c4ccccc4)c4ccccc4)=C(S/C=C\c4cccnc4)CS[C@H]23)ns1. The molecule has 0 spiro atoms. The Morgan fingerprint density at radius 2 is 1.82 bits per heavy atom. The van der Waals surface area contributed by atoms with Gasteiger partial charge in [-0.25, -0.2) is 9.59 Å². The van der Waals surface area contributed by atoms with Crippen LogP contribution < -0.4 is 11.1 Å². The fourth-order valence-electron chi connectivity index (χ4n) is 4.96. The van der Waals surface area contributed by atoms with Crippen molar-refractivity contribution in [2.45, 2.75) is 17.5 Å². The van der Waals surface area contributed by atoms with E-state index in [4.69, 9.17) is 20.4 Å². The third-order valence-electron chi connectivity index (χ3n) is 7.21. The second-order valence-electron chi connectivity index (χ2n) is 10.5. The van der Waals surface area contributed by atoms with Gasteiger partial charge in [0.15, 0.2) is 11.2 Å². The van der Waals surface area contributed by atoms with Crippen molar-refractivity contribution in [2.24, 2.45) is 5.16 Å². The lowest BCUT2D eigenvalue weighted by Gasteiger charge is -2.49. The molecule has 254 valence electrons. The maximum atomic E-state index is 14.2. The van der Waals surface area contributed by atoms with Gasteiger partial charge in [-0.2, -0.15) is 9.36 Å². The second kappa shape index (κ2) is 15.8. The number of β-lactam (4-membered cyclic amide) rings is 1. The summed E-state index contributed by atoms with van der Waals surface area (Å²) in [4.78, 5) is 67.1. The number of anilines is 1. The van der Waals surface area contributed by atoms with Crippen LogP contribution in [0.3, 0.4) is 0 Å². The summed E-state index contributed by atoms with van der Waals surface area (Å²) in [6.45, 7) is -0.829. The Hall–Kier alpha value is -5.52. The zero-order chi connectivity index (χ0) is 35.0. The van der Waals surface area contributed by atoms with E-state index in [1.807, 2.05) is 84.3 Å². The molecule has 2 aromatic carbocycles. The number of hydrogen-bond donors (Lipinski definition) is 3. The van der Waals surface area contributed by atoms with Gasteiger partial charge in [-0.3, -0.25) is 19.5 Å². The van der Waals surface area contributed by atoms with Gasteiger partial charge in [-0.1, -0.05) is 83.6 Å². The minimum atomic E-state index is -1.32. The third kappa shape index (κ3) is 7.85. The predicted molar refractivity (Wildman–Crippen MR) is 188 cm³/mol. The number of hydrogen-bond acceptors (Lipinski definition) is 14. The summed E-state index contributed by atoms with van der Waals surface area (Å²) in [5.74, 6) is -3.38. The third-order valence-corrected chi connectivity index (χ3v) is 10.1. The van der Waals surface area contributed by atoms with E-state index >= 15 is 0 Å². The molecule has 2 atom stereocenters. The highest BCUT2D eigenvalue weighted by atomic mass is 32.2. The van der Waals surface area contributed by atoms with E-state index < -0.39 is 53.6 Å². The number of carboxylic acids is 1. The van der Waals surface area contributed by atoms with Crippen molar-refractivity contribution in [2.75, 3.05) is 18.1 Å². The molecule has 50 heavy (non-hydrogen) atoms. The van der Waals surface area contributed by atoms with Gasteiger partial charge >= 0.3 is 11.9 Å². The lowest BCUT2D eigenvalue weighted by atomic mass is 10.0. The van der Waals surface area contributed by atoms with Crippen molar-refractivity contribution in [1.29, 1.82) is 0 Å². The largest absolute Gasteiger partial charge is 0.479 e. The van der Waals surface area contributed by atoms with Gasteiger partial charge in [0.25, 0.3) is 11.8 Å². The first kappa shape index (κ1) is 34.3. The summed E-state index contributed by atoms with van der Waals surface area (Å²) in [6, 6.07) is 21.2. The molecular weight excluding hydrogens is 703 g/mol. The van der Waals surface area contributed by atoms with E-state index in [2.05, 4.69) is 24.8 Å². The van der Waals surface area contributed by atoms with Crippen LogP contribution in [0.4, 0.5) is 5.13 Å². The lowest BCUT2D eigenvalue weighted by molar-refractivity contribution is -0.154. The number of amides is 2. The van der Waals surface area contributed by atoms with Gasteiger partial charge in [-0.15, -0.1) is 11.8 Å². The minimum Gasteiger partial charge on any atom is -0.479 e. The van der Waals surface area contributed by atoms with E-state index in [-0.39, 0.29) is 16.7 Å². The fraction of sp³-hybridized carbons (Fsp3) is 0.152. The Morgan fingerprint density at radius 3 is 2.44 bits per heavy atom. The molecule has 4 N–H and O–H groups in total. The van der Waals surface area contributed by atoms with Crippen LogP contribution >= 0.6 is 35.1 Å². The molecule has 2 amide bonds. The molecule has 1 fully saturated rings. The number of carboxylic acid groups (broad SMARTS) is 1. The number of pyridine rings is 1. The van der Waals surface area contributed by atoms with Crippen molar-refractivity contribution in [1.82, 2.24) is 24.6 Å². The Balaban J connectivity index is 1.28. The molecule has 0 radical (unpaired) electrons. The molecule has 4 heterocycles. The number of ether oxygens (including phenoxy) is 1. The van der Waals surface area contributed by atoms with Crippen LogP contribution in [0, 0.1) is 0 Å². The molecule has 2 aliphatic heterocycles. The monoisotopic (exact) mass is 729 g/mol. The first-order valence-corrected chi connectivity index (χ1v) is 17.5. The number of esters is 1. The van der Waals surface area contributed by atoms with E-state index in [9.17, 15) is 19.2 Å². The summed E-state index contributed by atoms with van der Waals surface area (Å²) in [5.41, 5.74) is 7.61. The first-order chi connectivity index (χ1) is 24.3. The highest BCUT2D eigenvalue weighted by Gasteiger charge is 2.55. The first-order valence-electron chi connectivity index (χ1n) is 14.8. The van der Waals surface area contributed by atoms with E-state index in [1.54, 1.807) is 12.4 Å². The molecule has 14 nitrogen and oxygen atoms in total. The number of oxime groups is 1. The van der Waals surface area contributed by atoms with Crippen molar-refractivity contribution >= 4 is 75.7 Å². The smallest absolute Gasteiger partial charge is 0.356 e. The topological polar surface area (TPSA) is 199 Å². The molecule has 17 heteroatoms. The van der Waals surface area contributed by atoms with Crippen molar-refractivity contribution in [3.63, 3.8) is 0 Å². The van der Waals surface area contributed by atoms with E-state index in [0.717, 1.165) is 28.2 Å². The van der Waals surface area contributed by atoms with Gasteiger partial charge in [0.05, 0.1) is 0 Å². The van der Waals surface area contributed by atoms with Crippen LogP contribution in [0.2, 0.25) is 0 Å². The Labute approximate surface area is 297 Å². The molecule has 6 rings (SSSR count). The van der Waals surface area contributed by atoms with Gasteiger partial charge in [0.2, 0.25) is 18.1 Å². The Kier molecular flexibility index (Phi) is 10.9. The molecule has 4 aromatic rings. The van der Waals surface area contributed by atoms with Crippen LogP contribution in [0.5, 0.6) is 0 Å². The number of aliphatic carboxylic acids is 1. The summed E-state index contributed by atoms with van der Waals surface area (Å²) in [7, 11) is 0. The summed E-state index contributed by atoms with van der Waals surface area (Å²) in [6.07, 6.45) is 4.44. The maximum Gasteiger partial charge on any atom is 0.356 e. The zero-order valence-corrected chi connectivity index (χ0v) is 28.3. The number of nitrogens with one attached hydrogen (secondary N) is 1. The second-order valence-corrected chi connectivity index (χ2v) is 13.4. The normalized spacial score (nSPS) is 17.3. The van der Waals surface area contributed by atoms with Gasteiger partial charge in [0.1, 0.15) is 17.1 Å². The van der Waals surface area contributed by atoms with Crippen LogP contribution in [0.1, 0.15) is 28.6 Å². The molecule has 1 unspecified atom stereocenters. The molecule has 2 aliphatic rings. The van der Waals surface area contributed by atoms with Crippen molar-refractivity contribution < 1.29 is 33.9 Å². The summed E-state index contributed by atoms with van der Waals surface area (Å²) < 4.78 is 10.2. The number of nitrogen functional groups attached to an aromatic ring is 1.